The maximum Gasteiger partial charge on any atom is 0.222 e. The van der Waals surface area contributed by atoms with E-state index in [2.05, 4.69) is 5.32 Å². The van der Waals surface area contributed by atoms with E-state index in [0.717, 1.165) is 19.3 Å². The second-order valence-electron chi connectivity index (χ2n) is 4.69. The van der Waals surface area contributed by atoms with Crippen molar-refractivity contribution in [2.75, 3.05) is 0 Å². The van der Waals surface area contributed by atoms with E-state index in [-0.39, 0.29) is 11.8 Å². The second kappa shape index (κ2) is 4.30. The van der Waals surface area contributed by atoms with Crippen LogP contribution in [0, 0.1) is 5.92 Å². The van der Waals surface area contributed by atoms with Crippen molar-refractivity contribution < 1.29 is 4.79 Å². The van der Waals surface area contributed by atoms with E-state index in [9.17, 15) is 4.79 Å². The van der Waals surface area contributed by atoms with Gasteiger partial charge in [-0.25, -0.2) is 0 Å². The molecule has 2 saturated carbocycles. The summed E-state index contributed by atoms with van der Waals surface area (Å²) in [5.41, 5.74) is 5.38. The van der Waals surface area contributed by atoms with Crippen molar-refractivity contribution in [2.24, 2.45) is 11.7 Å². The van der Waals surface area contributed by atoms with Crippen molar-refractivity contribution in [3.63, 3.8) is 0 Å². The Kier molecular flexibility index (Phi) is 3.06. The third-order valence-corrected chi connectivity index (χ3v) is 3.69. The number of nitrogens with one attached hydrogen (secondary N) is 1. The Bertz CT molecular complexity index is 211. The summed E-state index contributed by atoms with van der Waals surface area (Å²) < 4.78 is 0. The highest BCUT2D eigenvalue weighted by atomic mass is 16.1. The first-order chi connectivity index (χ1) is 6.77. The van der Waals surface area contributed by atoms with Gasteiger partial charge in [0.15, 0.2) is 0 Å². The lowest BCUT2D eigenvalue weighted by Gasteiger charge is -2.22. The first-order valence-electron chi connectivity index (χ1n) is 5.83. The number of carbonyl (C=O) groups is 1. The second-order valence-corrected chi connectivity index (χ2v) is 4.69. The molecule has 0 aromatic carbocycles. The van der Waals surface area contributed by atoms with Crippen LogP contribution in [0.25, 0.3) is 0 Å². The van der Waals surface area contributed by atoms with Gasteiger partial charge in [0, 0.05) is 12.1 Å². The molecule has 0 bridgehead atoms. The molecule has 80 valence electrons. The van der Waals surface area contributed by atoms with Crippen molar-refractivity contribution in [1.82, 2.24) is 5.32 Å². The van der Waals surface area contributed by atoms with Crippen molar-refractivity contribution in [2.45, 2.75) is 57.0 Å². The summed E-state index contributed by atoms with van der Waals surface area (Å²) in [6.45, 7) is 0. The van der Waals surface area contributed by atoms with Crippen LogP contribution in [0.5, 0.6) is 0 Å². The van der Waals surface area contributed by atoms with E-state index >= 15 is 0 Å². The lowest BCUT2D eigenvalue weighted by Crippen LogP contribution is -2.43. The molecule has 14 heavy (non-hydrogen) atoms. The summed E-state index contributed by atoms with van der Waals surface area (Å²) >= 11 is 0. The fraction of sp³-hybridized carbons (Fsp3) is 0.909. The van der Waals surface area contributed by atoms with Gasteiger partial charge in [-0.15, -0.1) is 0 Å². The maximum atomic E-state index is 11.2. The molecule has 1 amide bonds. The quantitative estimate of drug-likeness (QED) is 0.712. The summed E-state index contributed by atoms with van der Waals surface area (Å²) in [7, 11) is 0. The number of amides is 1. The highest BCUT2D eigenvalue weighted by molar-refractivity contribution is 5.77. The minimum Gasteiger partial charge on any atom is -0.369 e. The average molecular weight is 196 g/mol. The Morgan fingerprint density at radius 1 is 1.07 bits per heavy atom. The SMILES string of the molecule is NC(=O)[C@H]1CCC[C@H]1NC1CCCC1. The van der Waals surface area contributed by atoms with Gasteiger partial charge in [0.05, 0.1) is 5.92 Å². The van der Waals surface area contributed by atoms with Gasteiger partial charge in [-0.05, 0) is 25.7 Å². The van der Waals surface area contributed by atoms with E-state index in [1.807, 2.05) is 0 Å². The number of hydrogen-bond acceptors (Lipinski definition) is 2. The molecule has 3 nitrogen and oxygen atoms in total. The monoisotopic (exact) mass is 196 g/mol. The fourth-order valence-corrected chi connectivity index (χ4v) is 2.90. The molecule has 0 spiro atoms. The first-order valence-corrected chi connectivity index (χ1v) is 5.83. The predicted molar refractivity (Wildman–Crippen MR) is 55.7 cm³/mol. The Labute approximate surface area is 85.4 Å². The number of carbonyl (C=O) groups excluding carboxylic acids is 1. The number of nitrogens with two attached hydrogens (primary N) is 1. The summed E-state index contributed by atoms with van der Waals surface area (Å²) in [5, 5.41) is 3.61. The third-order valence-electron chi connectivity index (χ3n) is 3.69. The Morgan fingerprint density at radius 2 is 1.79 bits per heavy atom. The summed E-state index contributed by atoms with van der Waals surface area (Å²) in [5.74, 6) is -0.0198. The van der Waals surface area contributed by atoms with E-state index < -0.39 is 0 Å². The molecule has 0 radical (unpaired) electrons. The highest BCUT2D eigenvalue weighted by Gasteiger charge is 2.33. The van der Waals surface area contributed by atoms with Crippen molar-refractivity contribution in [1.29, 1.82) is 0 Å². The molecular formula is C11H20N2O. The smallest absolute Gasteiger partial charge is 0.222 e. The van der Waals surface area contributed by atoms with Gasteiger partial charge in [-0.3, -0.25) is 4.79 Å². The molecule has 0 saturated heterocycles. The highest BCUT2D eigenvalue weighted by Crippen LogP contribution is 2.28. The summed E-state index contributed by atoms with van der Waals surface area (Å²) in [4.78, 5) is 11.2. The van der Waals surface area contributed by atoms with Crippen LogP contribution in [-0.4, -0.2) is 18.0 Å². The zero-order valence-electron chi connectivity index (χ0n) is 8.67. The van der Waals surface area contributed by atoms with Crippen LogP contribution < -0.4 is 11.1 Å². The van der Waals surface area contributed by atoms with Crippen LogP contribution in [-0.2, 0) is 4.79 Å². The molecule has 0 aromatic heterocycles. The van der Waals surface area contributed by atoms with Gasteiger partial charge in [0.2, 0.25) is 5.91 Å². The molecule has 2 atom stereocenters. The predicted octanol–water partition coefficient (Wildman–Crippen LogP) is 1.17. The van der Waals surface area contributed by atoms with E-state index in [1.165, 1.54) is 25.7 Å². The van der Waals surface area contributed by atoms with Gasteiger partial charge in [-0.1, -0.05) is 19.3 Å². The molecule has 3 N–H and O–H groups in total. The number of rotatable bonds is 3. The van der Waals surface area contributed by atoms with Gasteiger partial charge >= 0.3 is 0 Å². The Hall–Kier alpha value is -0.570. The van der Waals surface area contributed by atoms with Crippen molar-refractivity contribution in [3.8, 4) is 0 Å². The zero-order valence-corrected chi connectivity index (χ0v) is 8.67. The topological polar surface area (TPSA) is 55.1 Å². The lowest BCUT2D eigenvalue weighted by molar-refractivity contribution is -0.122. The number of hydrogen-bond donors (Lipinski definition) is 2. The zero-order chi connectivity index (χ0) is 9.97. The van der Waals surface area contributed by atoms with Crippen LogP contribution in [0.3, 0.4) is 0 Å². The average Bonchev–Trinajstić information content (AvgIpc) is 2.75. The molecular weight excluding hydrogens is 176 g/mol. The minimum atomic E-state index is -0.113. The van der Waals surface area contributed by atoms with Crippen molar-refractivity contribution in [3.05, 3.63) is 0 Å². The first kappa shape index (κ1) is 9.97. The number of primary amides is 1. The summed E-state index contributed by atoms with van der Waals surface area (Å²) in [6.07, 6.45) is 8.50. The van der Waals surface area contributed by atoms with Crippen LogP contribution in [0.4, 0.5) is 0 Å². The molecule has 0 heterocycles. The van der Waals surface area contributed by atoms with Gasteiger partial charge in [0.1, 0.15) is 0 Å². The van der Waals surface area contributed by atoms with E-state index in [4.69, 9.17) is 5.73 Å². The molecule has 0 aliphatic heterocycles. The molecule has 0 unspecified atom stereocenters. The van der Waals surface area contributed by atoms with E-state index in [0.29, 0.717) is 12.1 Å². The molecule has 2 aliphatic carbocycles. The normalized spacial score (nSPS) is 33.7. The van der Waals surface area contributed by atoms with E-state index in [1.54, 1.807) is 0 Å². The standard InChI is InChI=1S/C11H20N2O/c12-11(14)9-6-3-7-10(9)13-8-4-1-2-5-8/h8-10,13H,1-7H2,(H2,12,14)/t9-,10+/m0/s1. The van der Waals surface area contributed by atoms with Crippen LogP contribution in [0.1, 0.15) is 44.9 Å². The molecule has 0 aromatic rings. The Morgan fingerprint density at radius 3 is 2.43 bits per heavy atom. The molecule has 2 aliphatic rings. The fourth-order valence-electron chi connectivity index (χ4n) is 2.90. The maximum absolute atomic E-state index is 11.2. The molecule has 3 heteroatoms. The van der Waals surface area contributed by atoms with Crippen LogP contribution in [0.15, 0.2) is 0 Å². The molecule has 2 rings (SSSR count). The molecule has 2 fully saturated rings. The van der Waals surface area contributed by atoms with Gasteiger partial charge in [0.25, 0.3) is 0 Å². The van der Waals surface area contributed by atoms with Crippen LogP contribution >= 0.6 is 0 Å². The van der Waals surface area contributed by atoms with Gasteiger partial charge < -0.3 is 11.1 Å². The van der Waals surface area contributed by atoms with Gasteiger partial charge in [-0.2, -0.15) is 0 Å². The largest absolute Gasteiger partial charge is 0.369 e. The minimum absolute atomic E-state index is 0.0931. The lowest BCUT2D eigenvalue weighted by atomic mass is 10.0. The third kappa shape index (κ3) is 2.08. The van der Waals surface area contributed by atoms with Crippen molar-refractivity contribution >= 4 is 5.91 Å². The summed E-state index contributed by atoms with van der Waals surface area (Å²) in [6, 6.07) is 1.02. The van der Waals surface area contributed by atoms with Crippen LogP contribution in [0.2, 0.25) is 0 Å². The Balaban J connectivity index is 1.86.